The van der Waals surface area contributed by atoms with E-state index in [9.17, 15) is 10.2 Å². The molecule has 0 aliphatic carbocycles. The van der Waals surface area contributed by atoms with Crippen molar-refractivity contribution in [3.8, 4) is 5.75 Å². The van der Waals surface area contributed by atoms with Gasteiger partial charge in [-0.25, -0.2) is 0 Å². The highest BCUT2D eigenvalue weighted by molar-refractivity contribution is 5.79. The van der Waals surface area contributed by atoms with Gasteiger partial charge in [0.1, 0.15) is 12.0 Å². The lowest BCUT2D eigenvalue weighted by molar-refractivity contribution is 0.252. The van der Waals surface area contributed by atoms with Crippen molar-refractivity contribution in [3.05, 3.63) is 24.8 Å². The number of likely N-dealkylation sites (N-methyl/N-ethyl adjacent to an activating group) is 1. The molecule has 1 aromatic carbocycles. The van der Waals surface area contributed by atoms with E-state index in [-0.39, 0.29) is 11.4 Å². The molecule has 1 aliphatic rings. The van der Waals surface area contributed by atoms with Gasteiger partial charge in [-0.05, 0) is 32.7 Å². The van der Waals surface area contributed by atoms with Gasteiger partial charge in [-0.2, -0.15) is 0 Å². The number of phenolic OH excluding ortho intramolecular Hbond substituents is 1. The van der Waals surface area contributed by atoms with Gasteiger partial charge >= 0.3 is 0 Å². The molecule has 1 saturated heterocycles. The molecule has 0 spiro atoms. The first kappa shape index (κ1) is 15.5. The van der Waals surface area contributed by atoms with Gasteiger partial charge in [0.2, 0.25) is 0 Å². The van der Waals surface area contributed by atoms with E-state index in [0.717, 1.165) is 25.2 Å². The number of nitrogens with one attached hydrogen (secondary N) is 1. The van der Waals surface area contributed by atoms with Crippen molar-refractivity contribution >= 4 is 17.1 Å². The fraction of sp³-hybridized carbons (Fsp3) is 0.467. The zero-order chi connectivity index (χ0) is 15.6. The molecule has 1 fully saturated rings. The standard InChI is InChI=1S/C15H24N4O2/c1-4-15(21)17-12-7-11(16)14(20)8-13(12)19-6-5-10(19)9-18(2)3/h4,7-8,10,15,17,20-21H,1,5-6,9,16H2,2-3H3. The molecule has 6 nitrogen and oxygen atoms in total. The van der Waals surface area contributed by atoms with E-state index in [1.807, 2.05) is 14.1 Å². The summed E-state index contributed by atoms with van der Waals surface area (Å²) < 4.78 is 0. The van der Waals surface area contributed by atoms with Crippen LogP contribution in [0.4, 0.5) is 17.1 Å². The third kappa shape index (κ3) is 3.40. The fourth-order valence-corrected chi connectivity index (χ4v) is 2.53. The predicted octanol–water partition coefficient (Wildman–Crippen LogP) is 1.03. The van der Waals surface area contributed by atoms with Crippen molar-refractivity contribution in [3.63, 3.8) is 0 Å². The van der Waals surface area contributed by atoms with Gasteiger partial charge in [-0.1, -0.05) is 6.58 Å². The zero-order valence-corrected chi connectivity index (χ0v) is 12.6. The second-order valence-corrected chi connectivity index (χ2v) is 5.65. The van der Waals surface area contributed by atoms with Crippen LogP contribution in [0.1, 0.15) is 6.42 Å². The van der Waals surface area contributed by atoms with E-state index >= 15 is 0 Å². The molecule has 5 N–H and O–H groups in total. The number of aliphatic hydroxyl groups is 1. The highest BCUT2D eigenvalue weighted by Gasteiger charge is 2.30. The monoisotopic (exact) mass is 292 g/mol. The van der Waals surface area contributed by atoms with Crippen molar-refractivity contribution in [2.45, 2.75) is 18.7 Å². The van der Waals surface area contributed by atoms with Crippen LogP contribution in [-0.2, 0) is 0 Å². The van der Waals surface area contributed by atoms with Gasteiger partial charge in [-0.3, -0.25) is 0 Å². The molecule has 2 rings (SSSR count). The summed E-state index contributed by atoms with van der Waals surface area (Å²) in [5.74, 6) is 0.0548. The van der Waals surface area contributed by atoms with Gasteiger partial charge in [0.25, 0.3) is 0 Å². The minimum absolute atomic E-state index is 0.0548. The third-order valence-corrected chi connectivity index (χ3v) is 3.70. The Bertz CT molecular complexity index is 519. The molecule has 116 valence electrons. The van der Waals surface area contributed by atoms with E-state index < -0.39 is 6.23 Å². The van der Waals surface area contributed by atoms with Crippen molar-refractivity contribution in [1.29, 1.82) is 0 Å². The normalized spacial score (nSPS) is 19.2. The number of phenols is 1. The first-order valence-electron chi connectivity index (χ1n) is 7.03. The Labute approximate surface area is 125 Å². The second kappa shape index (κ2) is 6.24. The quantitative estimate of drug-likeness (QED) is 0.206. The zero-order valence-electron chi connectivity index (χ0n) is 12.6. The first-order chi connectivity index (χ1) is 9.92. The minimum Gasteiger partial charge on any atom is -0.506 e. The van der Waals surface area contributed by atoms with Crippen molar-refractivity contribution in [1.82, 2.24) is 4.90 Å². The molecule has 0 bridgehead atoms. The molecule has 0 saturated carbocycles. The molecule has 0 aromatic heterocycles. The van der Waals surface area contributed by atoms with Gasteiger partial charge in [0.05, 0.1) is 17.1 Å². The maximum atomic E-state index is 9.88. The van der Waals surface area contributed by atoms with Crippen molar-refractivity contribution in [2.24, 2.45) is 0 Å². The molecule has 1 aliphatic heterocycles. The van der Waals surface area contributed by atoms with E-state index in [4.69, 9.17) is 5.73 Å². The molecule has 2 atom stereocenters. The van der Waals surface area contributed by atoms with Gasteiger partial charge in [0, 0.05) is 25.2 Å². The number of benzene rings is 1. The summed E-state index contributed by atoms with van der Waals surface area (Å²) in [5.41, 5.74) is 7.58. The van der Waals surface area contributed by atoms with Crippen LogP contribution in [0.5, 0.6) is 5.75 Å². The number of anilines is 3. The maximum absolute atomic E-state index is 9.88. The minimum atomic E-state index is -0.860. The summed E-state index contributed by atoms with van der Waals surface area (Å²) >= 11 is 0. The predicted molar refractivity (Wildman–Crippen MR) is 86.7 cm³/mol. The van der Waals surface area contributed by atoms with Gasteiger partial charge in [-0.15, -0.1) is 0 Å². The molecular weight excluding hydrogens is 268 g/mol. The molecular formula is C15H24N4O2. The molecule has 1 heterocycles. The summed E-state index contributed by atoms with van der Waals surface area (Å²) in [4.78, 5) is 4.34. The van der Waals surface area contributed by atoms with E-state index in [0.29, 0.717) is 11.7 Å². The summed E-state index contributed by atoms with van der Waals surface area (Å²) in [6.07, 6.45) is 1.65. The summed E-state index contributed by atoms with van der Waals surface area (Å²) in [6.45, 7) is 5.40. The van der Waals surface area contributed by atoms with E-state index in [2.05, 4.69) is 21.7 Å². The van der Waals surface area contributed by atoms with Crippen LogP contribution in [0.3, 0.4) is 0 Å². The molecule has 0 radical (unpaired) electrons. The lowest BCUT2D eigenvalue weighted by Crippen LogP contribution is -2.53. The first-order valence-corrected chi connectivity index (χ1v) is 7.03. The molecule has 6 heteroatoms. The Balaban J connectivity index is 2.28. The highest BCUT2D eigenvalue weighted by atomic mass is 16.3. The number of nitrogens with zero attached hydrogens (tertiary/aromatic N) is 2. The summed E-state index contributed by atoms with van der Waals surface area (Å²) in [6, 6.07) is 3.68. The van der Waals surface area contributed by atoms with Crippen LogP contribution in [0.2, 0.25) is 0 Å². The van der Waals surface area contributed by atoms with Gasteiger partial charge in [0.15, 0.2) is 0 Å². The Kier molecular flexibility index (Phi) is 4.59. The topological polar surface area (TPSA) is 85.0 Å². The number of hydrogen-bond donors (Lipinski definition) is 4. The van der Waals surface area contributed by atoms with Crippen LogP contribution in [0.15, 0.2) is 24.8 Å². The largest absolute Gasteiger partial charge is 0.506 e. The molecule has 2 unspecified atom stereocenters. The van der Waals surface area contributed by atoms with Crippen LogP contribution >= 0.6 is 0 Å². The molecule has 1 aromatic rings. The summed E-state index contributed by atoms with van der Waals surface area (Å²) in [5, 5.41) is 22.5. The Morgan fingerprint density at radius 1 is 1.57 bits per heavy atom. The number of aliphatic hydroxyl groups excluding tert-OH is 1. The van der Waals surface area contributed by atoms with Crippen molar-refractivity contribution in [2.75, 3.05) is 43.1 Å². The smallest absolute Gasteiger partial charge is 0.143 e. The van der Waals surface area contributed by atoms with Crippen LogP contribution < -0.4 is 16.0 Å². The third-order valence-electron chi connectivity index (χ3n) is 3.70. The number of aromatic hydroxyl groups is 1. The Morgan fingerprint density at radius 2 is 2.29 bits per heavy atom. The SMILES string of the molecule is C=CC(O)Nc1cc(N)c(O)cc1N1CCC1CN(C)C. The Hall–Kier alpha value is -1.92. The molecule has 0 amide bonds. The number of nitrogens with two attached hydrogens (primary N) is 1. The average Bonchev–Trinajstić information content (AvgIpc) is 2.40. The number of nitrogen functional groups attached to an aromatic ring is 1. The highest BCUT2D eigenvalue weighted by Crippen LogP contribution is 2.39. The van der Waals surface area contributed by atoms with E-state index in [1.165, 1.54) is 6.08 Å². The van der Waals surface area contributed by atoms with E-state index in [1.54, 1.807) is 12.1 Å². The Morgan fingerprint density at radius 3 is 2.81 bits per heavy atom. The number of rotatable bonds is 6. The number of hydrogen-bond acceptors (Lipinski definition) is 6. The van der Waals surface area contributed by atoms with Crippen molar-refractivity contribution < 1.29 is 10.2 Å². The van der Waals surface area contributed by atoms with Crippen LogP contribution in [-0.4, -0.2) is 54.6 Å². The fourth-order valence-electron chi connectivity index (χ4n) is 2.53. The lowest BCUT2D eigenvalue weighted by atomic mass is 10.00. The average molecular weight is 292 g/mol. The van der Waals surface area contributed by atoms with Crippen LogP contribution in [0.25, 0.3) is 0 Å². The second-order valence-electron chi connectivity index (χ2n) is 5.65. The van der Waals surface area contributed by atoms with Gasteiger partial charge < -0.3 is 31.1 Å². The summed E-state index contributed by atoms with van der Waals surface area (Å²) in [7, 11) is 4.08. The van der Waals surface area contributed by atoms with Crippen LogP contribution in [0, 0.1) is 0 Å². The molecule has 21 heavy (non-hydrogen) atoms. The maximum Gasteiger partial charge on any atom is 0.143 e. The lowest BCUT2D eigenvalue weighted by Gasteiger charge is -2.45.